The van der Waals surface area contributed by atoms with E-state index in [1.54, 1.807) is 0 Å². The fourth-order valence-corrected chi connectivity index (χ4v) is 5.25. The molecule has 4 rings (SSSR count). The molecule has 136 valence electrons. The van der Waals surface area contributed by atoms with Crippen molar-refractivity contribution in [1.29, 1.82) is 0 Å². The molecule has 4 atom stereocenters. The number of aryl methyl sites for hydroxylation is 2. The lowest BCUT2D eigenvalue weighted by Crippen LogP contribution is -2.56. The quantitative estimate of drug-likeness (QED) is 0.569. The predicted octanol–water partition coefficient (Wildman–Crippen LogP) is 5.33. The second-order valence-corrected chi connectivity index (χ2v) is 8.19. The Hall–Kier alpha value is -2.13. The van der Waals surface area contributed by atoms with E-state index in [0.717, 1.165) is 18.6 Å². The minimum Gasteiger partial charge on any atom is -0.411 e. The minimum absolute atomic E-state index is 0.149. The molecule has 1 aliphatic heterocycles. The number of nitrogens with one attached hydrogen (secondary N) is 1. The van der Waals surface area contributed by atoms with Crippen molar-refractivity contribution in [2.45, 2.75) is 52.1 Å². The van der Waals surface area contributed by atoms with Gasteiger partial charge in [-0.1, -0.05) is 67.0 Å². The van der Waals surface area contributed by atoms with Crippen molar-refractivity contribution in [3.63, 3.8) is 0 Å². The highest BCUT2D eigenvalue weighted by molar-refractivity contribution is 5.94. The van der Waals surface area contributed by atoms with E-state index in [0.29, 0.717) is 0 Å². The van der Waals surface area contributed by atoms with Crippen LogP contribution in [-0.2, 0) is 0 Å². The summed E-state index contributed by atoms with van der Waals surface area (Å²) >= 11 is 0. The summed E-state index contributed by atoms with van der Waals surface area (Å²) < 4.78 is 0. The maximum atomic E-state index is 9.99. The Morgan fingerprint density at radius 1 is 1.00 bits per heavy atom. The van der Waals surface area contributed by atoms with Crippen LogP contribution in [0.4, 0.5) is 0 Å². The largest absolute Gasteiger partial charge is 0.411 e. The highest BCUT2D eigenvalue weighted by Gasteiger charge is 2.53. The third-order valence-corrected chi connectivity index (χ3v) is 6.66. The number of hydrogen-bond donors (Lipinski definition) is 2. The number of rotatable bonds is 2. The molecule has 2 N–H and O–H groups in total. The van der Waals surface area contributed by atoms with Gasteiger partial charge in [-0.3, -0.25) is 0 Å². The smallest absolute Gasteiger partial charge is 0.0698 e. The molecule has 2 aromatic carbocycles. The van der Waals surface area contributed by atoms with Crippen LogP contribution in [0.15, 0.2) is 53.7 Å². The van der Waals surface area contributed by atoms with Gasteiger partial charge in [0.15, 0.2) is 0 Å². The number of benzene rings is 2. The van der Waals surface area contributed by atoms with Crippen LogP contribution in [0, 0.1) is 25.2 Å². The predicted molar refractivity (Wildman–Crippen MR) is 106 cm³/mol. The maximum Gasteiger partial charge on any atom is 0.0698 e. The zero-order valence-electron chi connectivity index (χ0n) is 15.9. The molecule has 26 heavy (non-hydrogen) atoms. The van der Waals surface area contributed by atoms with E-state index >= 15 is 0 Å². The number of nitrogens with zero attached hydrogens (tertiary/aromatic N) is 1. The van der Waals surface area contributed by atoms with E-state index in [2.05, 4.69) is 79.8 Å². The summed E-state index contributed by atoms with van der Waals surface area (Å²) in [6.07, 6.45) is 3.30. The summed E-state index contributed by atoms with van der Waals surface area (Å²) in [7, 11) is 0. The molecule has 0 amide bonds. The first-order valence-electron chi connectivity index (χ1n) is 9.66. The molecule has 3 nitrogen and oxygen atoms in total. The van der Waals surface area contributed by atoms with E-state index in [-0.39, 0.29) is 23.4 Å². The molecule has 0 spiro atoms. The van der Waals surface area contributed by atoms with Gasteiger partial charge < -0.3 is 10.5 Å². The SMILES string of the molecule is Cc1ccccc1C1NC(c2ccccc2C)C2(C)CCCC1/C2=N\O. The lowest BCUT2D eigenvalue weighted by Gasteiger charge is -2.53. The van der Waals surface area contributed by atoms with E-state index < -0.39 is 0 Å². The number of piperidine rings is 1. The molecule has 1 saturated heterocycles. The summed E-state index contributed by atoms with van der Waals surface area (Å²) in [6, 6.07) is 17.5. The molecule has 1 saturated carbocycles. The first kappa shape index (κ1) is 17.3. The zero-order chi connectivity index (χ0) is 18.3. The molecule has 2 bridgehead atoms. The Morgan fingerprint density at radius 2 is 1.62 bits per heavy atom. The zero-order valence-corrected chi connectivity index (χ0v) is 15.9. The first-order valence-corrected chi connectivity index (χ1v) is 9.66. The van der Waals surface area contributed by atoms with E-state index in [1.807, 2.05) is 0 Å². The summed E-state index contributed by atoms with van der Waals surface area (Å²) in [4.78, 5) is 0. The third kappa shape index (κ3) is 2.57. The second kappa shape index (κ2) is 6.55. The van der Waals surface area contributed by atoms with Gasteiger partial charge >= 0.3 is 0 Å². The fourth-order valence-electron chi connectivity index (χ4n) is 5.25. The molecule has 4 unspecified atom stereocenters. The normalized spacial score (nSPS) is 32.6. The molecule has 1 heterocycles. The molecule has 2 fully saturated rings. The second-order valence-electron chi connectivity index (χ2n) is 8.19. The molecule has 0 radical (unpaired) electrons. The first-order chi connectivity index (χ1) is 12.6. The summed E-state index contributed by atoms with van der Waals surface area (Å²) in [6.45, 7) is 6.62. The molecule has 2 aromatic rings. The molecule has 2 aliphatic rings. The molecule has 1 aliphatic carbocycles. The van der Waals surface area contributed by atoms with Crippen LogP contribution in [0.1, 0.15) is 60.5 Å². The van der Waals surface area contributed by atoms with Crippen LogP contribution >= 0.6 is 0 Å². The number of oxime groups is 1. The number of fused-ring (bicyclic) bond motifs is 2. The van der Waals surface area contributed by atoms with Crippen molar-refractivity contribution in [1.82, 2.24) is 5.32 Å². The van der Waals surface area contributed by atoms with Crippen molar-refractivity contribution in [3.05, 3.63) is 70.8 Å². The monoisotopic (exact) mass is 348 g/mol. The summed E-state index contributed by atoms with van der Waals surface area (Å²) in [5.41, 5.74) is 6.04. The van der Waals surface area contributed by atoms with Crippen molar-refractivity contribution in [2.24, 2.45) is 16.5 Å². The lowest BCUT2D eigenvalue weighted by molar-refractivity contribution is 0.146. The van der Waals surface area contributed by atoms with Gasteiger partial charge in [-0.05, 0) is 48.9 Å². The molecular weight excluding hydrogens is 320 g/mol. The van der Waals surface area contributed by atoms with E-state index in [9.17, 15) is 5.21 Å². The third-order valence-electron chi connectivity index (χ3n) is 6.66. The Kier molecular flexibility index (Phi) is 4.36. The maximum absolute atomic E-state index is 9.99. The van der Waals surface area contributed by atoms with Crippen LogP contribution < -0.4 is 5.32 Å². The number of hydrogen-bond acceptors (Lipinski definition) is 3. The highest BCUT2D eigenvalue weighted by atomic mass is 16.4. The van der Waals surface area contributed by atoms with E-state index in [4.69, 9.17) is 0 Å². The highest BCUT2D eigenvalue weighted by Crippen LogP contribution is 2.54. The average Bonchev–Trinajstić information content (AvgIpc) is 2.63. The van der Waals surface area contributed by atoms with Gasteiger partial charge in [0.1, 0.15) is 0 Å². The topological polar surface area (TPSA) is 44.6 Å². The van der Waals surface area contributed by atoms with Gasteiger partial charge in [-0.15, -0.1) is 0 Å². The van der Waals surface area contributed by atoms with Crippen LogP contribution in [-0.4, -0.2) is 10.9 Å². The van der Waals surface area contributed by atoms with Crippen molar-refractivity contribution < 1.29 is 5.21 Å². The van der Waals surface area contributed by atoms with Crippen molar-refractivity contribution in [3.8, 4) is 0 Å². The Balaban J connectivity index is 1.87. The van der Waals surface area contributed by atoms with Crippen LogP contribution in [0.3, 0.4) is 0 Å². The molecular formula is C23H28N2O. The standard InChI is InChI=1S/C23H28N2O/c1-15-9-4-6-11-17(15)20-19-13-8-14-23(3,22(19)25-26)21(24-20)18-12-7-5-10-16(18)2/h4-7,9-12,19-21,24,26H,8,13-14H2,1-3H3/b25-22+. The molecule has 3 heteroatoms. The fraction of sp³-hybridized carbons (Fsp3) is 0.435. The van der Waals surface area contributed by atoms with Crippen LogP contribution in [0.25, 0.3) is 0 Å². The van der Waals surface area contributed by atoms with E-state index in [1.165, 1.54) is 28.7 Å². The lowest BCUT2D eigenvalue weighted by atomic mass is 9.58. The van der Waals surface area contributed by atoms with Gasteiger partial charge in [0, 0.05) is 23.4 Å². The van der Waals surface area contributed by atoms with Crippen molar-refractivity contribution >= 4 is 5.71 Å². The van der Waals surface area contributed by atoms with Gasteiger partial charge in [-0.2, -0.15) is 0 Å². The van der Waals surface area contributed by atoms with Gasteiger partial charge in [0.25, 0.3) is 0 Å². The Labute approximate surface area is 156 Å². The summed E-state index contributed by atoms with van der Waals surface area (Å²) in [5, 5.41) is 17.9. The minimum atomic E-state index is -0.150. The Bertz CT molecular complexity index is 844. The van der Waals surface area contributed by atoms with Gasteiger partial charge in [0.2, 0.25) is 0 Å². The average molecular weight is 348 g/mol. The van der Waals surface area contributed by atoms with Crippen LogP contribution in [0.5, 0.6) is 0 Å². The van der Waals surface area contributed by atoms with Gasteiger partial charge in [0.05, 0.1) is 5.71 Å². The molecule has 0 aromatic heterocycles. The summed E-state index contributed by atoms with van der Waals surface area (Å²) in [5.74, 6) is 0.250. The van der Waals surface area contributed by atoms with Crippen molar-refractivity contribution in [2.75, 3.05) is 0 Å². The Morgan fingerprint density at radius 3 is 2.23 bits per heavy atom. The van der Waals surface area contributed by atoms with Crippen LogP contribution in [0.2, 0.25) is 0 Å². The van der Waals surface area contributed by atoms with Gasteiger partial charge in [-0.25, -0.2) is 0 Å².